The molecule has 41 heavy (non-hydrogen) atoms. The summed E-state index contributed by atoms with van der Waals surface area (Å²) in [5.74, 6) is 0.826. The van der Waals surface area contributed by atoms with Crippen LogP contribution in [-0.4, -0.2) is 47.5 Å². The lowest BCUT2D eigenvalue weighted by molar-refractivity contribution is -0.135. The molecule has 2 amide bonds. The molecule has 4 aliphatic carbocycles. The number of hydrogen-bond acceptors (Lipinski definition) is 5. The van der Waals surface area contributed by atoms with E-state index in [0.29, 0.717) is 29.2 Å². The van der Waals surface area contributed by atoms with Gasteiger partial charge in [0.1, 0.15) is 5.82 Å². The highest BCUT2D eigenvalue weighted by Gasteiger charge is 2.58. The topological polar surface area (TPSA) is 113 Å². The Morgan fingerprint density at radius 1 is 1.15 bits per heavy atom. The number of hydrogen-bond donors (Lipinski definition) is 3. The van der Waals surface area contributed by atoms with Gasteiger partial charge in [-0.1, -0.05) is 24.3 Å². The number of rotatable bonds is 7. The molecule has 0 radical (unpaired) electrons. The molecule has 8 rings (SSSR count). The predicted octanol–water partition coefficient (Wildman–Crippen LogP) is 4.90. The van der Waals surface area contributed by atoms with Gasteiger partial charge in [0.2, 0.25) is 0 Å². The van der Waals surface area contributed by atoms with Gasteiger partial charge in [0, 0.05) is 29.1 Å². The van der Waals surface area contributed by atoms with Gasteiger partial charge in [0.05, 0.1) is 36.1 Å². The van der Waals surface area contributed by atoms with Crippen LogP contribution in [0.5, 0.6) is 0 Å². The van der Waals surface area contributed by atoms with Crippen molar-refractivity contribution in [2.75, 3.05) is 11.6 Å². The van der Waals surface area contributed by atoms with Crippen molar-refractivity contribution >= 4 is 21.6 Å². The summed E-state index contributed by atoms with van der Waals surface area (Å²) in [4.78, 5) is 17.3. The minimum Gasteiger partial charge on any atom is -0.392 e. The lowest BCUT2D eigenvalue weighted by Gasteiger charge is -2.61. The largest absolute Gasteiger partial charge is 0.392 e. The maximum Gasteiger partial charge on any atom is 0.319 e. The number of amides is 2. The maximum atomic E-state index is 15.0. The molecule has 216 valence electrons. The average molecular weight is 579 g/mol. The maximum absolute atomic E-state index is 15.0. The number of nitrogens with one attached hydrogen (secondary N) is 2. The van der Waals surface area contributed by atoms with E-state index in [1.54, 1.807) is 42.9 Å². The van der Waals surface area contributed by atoms with Gasteiger partial charge >= 0.3 is 6.03 Å². The highest BCUT2D eigenvalue weighted by Crippen LogP contribution is 2.62. The number of nitrogens with zero attached hydrogens (tertiary/aromatic N) is 2. The second-order valence-corrected chi connectivity index (χ2v) is 15.0. The molecule has 4 atom stereocenters. The van der Waals surface area contributed by atoms with Crippen molar-refractivity contribution in [3.63, 3.8) is 0 Å². The van der Waals surface area contributed by atoms with Gasteiger partial charge in [-0.25, -0.2) is 22.6 Å². The monoisotopic (exact) mass is 578 g/mol. The molecule has 4 unspecified atom stereocenters. The summed E-state index contributed by atoms with van der Waals surface area (Å²) >= 11 is 0. The SMILES string of the molecule is CS(=O)(=O)Cc1ccc(NC(=O)NC2C3CC4CC2CC(C(O)CC2c5c(F)cccc5-c5cncn52)(C4)C3)cc1. The van der Waals surface area contributed by atoms with E-state index in [2.05, 4.69) is 15.6 Å². The molecule has 10 heteroatoms. The van der Waals surface area contributed by atoms with Crippen LogP contribution in [0.3, 0.4) is 0 Å². The summed E-state index contributed by atoms with van der Waals surface area (Å²) in [6, 6.07) is 11.5. The van der Waals surface area contributed by atoms with E-state index in [-0.39, 0.29) is 46.9 Å². The van der Waals surface area contributed by atoms with Gasteiger partial charge in [-0.15, -0.1) is 0 Å². The third-order valence-electron chi connectivity index (χ3n) is 10.1. The molecule has 3 N–H and O–H groups in total. The molecule has 4 saturated carbocycles. The van der Waals surface area contributed by atoms with E-state index in [1.165, 1.54) is 12.3 Å². The summed E-state index contributed by atoms with van der Waals surface area (Å²) in [5, 5.41) is 17.9. The Morgan fingerprint density at radius 2 is 1.88 bits per heavy atom. The van der Waals surface area contributed by atoms with Crippen molar-refractivity contribution in [3.8, 4) is 11.3 Å². The molecular formula is C31H35FN4O4S. The van der Waals surface area contributed by atoms with Gasteiger partial charge in [-0.2, -0.15) is 0 Å². The van der Waals surface area contributed by atoms with Gasteiger partial charge in [0.15, 0.2) is 9.84 Å². The Kier molecular flexibility index (Phi) is 6.28. The Hall–Kier alpha value is -3.24. The molecule has 1 aliphatic heterocycles. The smallest absolute Gasteiger partial charge is 0.319 e. The second kappa shape index (κ2) is 9.66. The lowest BCUT2D eigenvalue weighted by Crippen LogP contribution is -2.62. The standard InChI is InChI=1S/C31H35FN4O4S/c1-41(39,40)16-18-5-7-22(8-6-18)34-30(38)35-29-20-9-19-10-21(29)14-31(12-19,13-20)27(37)11-25-28-23(3-2-4-24(28)32)26-15-33-17-36(25)26/h2-8,15,17,19-21,25,27,29,37H,9-14,16H2,1H3,(H2,34,35,38). The Balaban J connectivity index is 1.03. The zero-order valence-corrected chi connectivity index (χ0v) is 23.8. The zero-order chi connectivity index (χ0) is 28.5. The van der Waals surface area contributed by atoms with E-state index in [9.17, 15) is 18.3 Å². The zero-order valence-electron chi connectivity index (χ0n) is 23.0. The van der Waals surface area contributed by atoms with E-state index < -0.39 is 15.9 Å². The molecule has 0 saturated heterocycles. The Bertz CT molecular complexity index is 1590. The van der Waals surface area contributed by atoms with Gasteiger partial charge in [0.25, 0.3) is 0 Å². The van der Waals surface area contributed by atoms with Crippen LogP contribution in [0.2, 0.25) is 0 Å². The number of aromatic nitrogens is 2. The highest BCUT2D eigenvalue weighted by molar-refractivity contribution is 7.89. The van der Waals surface area contributed by atoms with Gasteiger partial charge in [-0.3, -0.25) is 0 Å². The van der Waals surface area contributed by atoms with E-state index in [0.717, 1.165) is 43.4 Å². The number of sulfone groups is 1. The summed E-state index contributed by atoms with van der Waals surface area (Å²) < 4.78 is 40.1. The van der Waals surface area contributed by atoms with Gasteiger partial charge < -0.3 is 20.3 Å². The number of halogens is 1. The minimum atomic E-state index is -3.12. The summed E-state index contributed by atoms with van der Waals surface area (Å²) in [6.45, 7) is 0. The molecule has 8 nitrogen and oxygen atoms in total. The third kappa shape index (κ3) is 4.74. The highest BCUT2D eigenvalue weighted by atomic mass is 32.2. The first-order valence-corrected chi connectivity index (χ1v) is 16.5. The summed E-state index contributed by atoms with van der Waals surface area (Å²) in [7, 11) is -3.12. The fraction of sp³-hybridized carbons (Fsp3) is 0.484. The minimum absolute atomic E-state index is 0.0363. The molecule has 3 aromatic rings. The van der Waals surface area contributed by atoms with Crippen LogP contribution in [0.25, 0.3) is 11.3 Å². The second-order valence-electron chi connectivity index (χ2n) is 12.9. The summed E-state index contributed by atoms with van der Waals surface area (Å²) in [6.07, 6.45) is 9.33. The van der Waals surface area contributed by atoms with Crippen LogP contribution in [0, 0.1) is 29.0 Å². The number of anilines is 1. The van der Waals surface area contributed by atoms with E-state index >= 15 is 4.39 Å². The number of urea groups is 1. The molecular weight excluding hydrogens is 543 g/mol. The number of imidazole rings is 1. The fourth-order valence-corrected chi connectivity index (χ4v) is 9.53. The first-order valence-electron chi connectivity index (χ1n) is 14.4. The number of fused-ring (bicyclic) bond motifs is 3. The van der Waals surface area contributed by atoms with Crippen molar-refractivity contribution in [2.45, 2.75) is 62.5 Å². The van der Waals surface area contributed by atoms with Crippen LogP contribution in [0.15, 0.2) is 55.0 Å². The van der Waals surface area contributed by atoms with Crippen LogP contribution >= 0.6 is 0 Å². The fourth-order valence-electron chi connectivity index (χ4n) is 8.73. The van der Waals surface area contributed by atoms with E-state index in [4.69, 9.17) is 0 Å². The van der Waals surface area contributed by atoms with Crippen LogP contribution in [0.1, 0.15) is 55.7 Å². The summed E-state index contributed by atoms with van der Waals surface area (Å²) in [5.41, 5.74) is 3.45. The molecule has 5 aliphatic rings. The normalized spacial score (nSPS) is 30.1. The molecule has 2 aromatic carbocycles. The quantitative estimate of drug-likeness (QED) is 0.369. The molecule has 1 aromatic heterocycles. The molecule has 4 bridgehead atoms. The van der Waals surface area contributed by atoms with Crippen molar-refractivity contribution < 1.29 is 22.7 Å². The first kappa shape index (κ1) is 26.6. The average Bonchev–Trinajstić information content (AvgIpc) is 3.49. The number of carbonyl (C=O) groups excluding carboxylic acids is 1. The van der Waals surface area contributed by atoms with Crippen molar-refractivity contribution in [3.05, 3.63) is 71.9 Å². The van der Waals surface area contributed by atoms with Crippen LogP contribution in [0.4, 0.5) is 14.9 Å². The first-order chi connectivity index (χ1) is 19.6. The molecule has 2 heterocycles. The van der Waals surface area contributed by atoms with Crippen LogP contribution in [-0.2, 0) is 15.6 Å². The van der Waals surface area contributed by atoms with Crippen molar-refractivity contribution in [1.29, 1.82) is 0 Å². The van der Waals surface area contributed by atoms with E-state index in [1.807, 2.05) is 10.6 Å². The number of carbonyl (C=O) groups is 1. The molecule has 4 fully saturated rings. The van der Waals surface area contributed by atoms with Crippen molar-refractivity contribution in [1.82, 2.24) is 14.9 Å². The Labute approximate surface area is 239 Å². The molecule has 0 spiro atoms. The third-order valence-corrected chi connectivity index (χ3v) is 10.9. The van der Waals surface area contributed by atoms with Gasteiger partial charge in [-0.05, 0) is 85.5 Å². The van der Waals surface area contributed by atoms with Crippen molar-refractivity contribution in [2.24, 2.45) is 23.2 Å². The van der Waals surface area contributed by atoms with Crippen LogP contribution < -0.4 is 10.6 Å². The predicted molar refractivity (Wildman–Crippen MR) is 153 cm³/mol. The number of benzene rings is 2. The number of aliphatic hydroxyl groups is 1. The Morgan fingerprint density at radius 3 is 2.59 bits per heavy atom. The lowest BCUT2D eigenvalue weighted by atomic mass is 9.46. The number of aliphatic hydroxyl groups excluding tert-OH is 1.